The van der Waals surface area contributed by atoms with Crippen molar-refractivity contribution in [3.8, 4) is 5.75 Å². The van der Waals surface area contributed by atoms with E-state index < -0.39 is 0 Å². The third-order valence-corrected chi connectivity index (χ3v) is 4.68. The van der Waals surface area contributed by atoms with Crippen LogP contribution in [0.25, 0.3) is 0 Å². The summed E-state index contributed by atoms with van der Waals surface area (Å²) < 4.78 is 0. The lowest BCUT2D eigenvalue weighted by Crippen LogP contribution is -2.31. The van der Waals surface area contributed by atoms with Crippen molar-refractivity contribution < 1.29 is 9.90 Å². The molecule has 0 radical (unpaired) electrons. The Bertz CT molecular complexity index is 732. The highest BCUT2D eigenvalue weighted by molar-refractivity contribution is 5.99. The van der Waals surface area contributed by atoms with Gasteiger partial charge in [0.05, 0.1) is 5.56 Å². The highest BCUT2D eigenvalue weighted by atomic mass is 16.3. The van der Waals surface area contributed by atoms with Crippen LogP contribution in [0.5, 0.6) is 5.75 Å². The van der Waals surface area contributed by atoms with Gasteiger partial charge in [0.25, 0.3) is 5.91 Å². The molecule has 132 valence electrons. The van der Waals surface area contributed by atoms with Crippen LogP contribution in [0, 0.1) is 5.92 Å². The first kappa shape index (κ1) is 17.3. The molecule has 3 N–H and O–H groups in total. The van der Waals surface area contributed by atoms with Crippen molar-refractivity contribution in [3.05, 3.63) is 59.7 Å². The average Bonchev–Trinajstić information content (AvgIpc) is 3.07. The number of carbonyl (C=O) groups is 1. The van der Waals surface area contributed by atoms with Gasteiger partial charge in [-0.15, -0.1) is 0 Å². The third-order valence-electron chi connectivity index (χ3n) is 4.68. The summed E-state index contributed by atoms with van der Waals surface area (Å²) in [6.45, 7) is 3.50. The first-order valence-corrected chi connectivity index (χ1v) is 8.71. The molecule has 2 aromatic rings. The molecule has 5 heteroatoms. The molecule has 3 rings (SSSR count). The lowest BCUT2D eigenvalue weighted by Gasteiger charge is -2.17. The van der Waals surface area contributed by atoms with Crippen LogP contribution in [0.2, 0.25) is 0 Å². The number of phenols is 1. The van der Waals surface area contributed by atoms with Crippen LogP contribution in [-0.2, 0) is 6.54 Å². The van der Waals surface area contributed by atoms with Gasteiger partial charge >= 0.3 is 0 Å². The number of amides is 1. The van der Waals surface area contributed by atoms with Gasteiger partial charge in [0.15, 0.2) is 0 Å². The number of para-hydroxylation sites is 1. The van der Waals surface area contributed by atoms with E-state index in [0.29, 0.717) is 23.8 Å². The summed E-state index contributed by atoms with van der Waals surface area (Å²) in [4.78, 5) is 14.8. The van der Waals surface area contributed by atoms with Gasteiger partial charge in [-0.1, -0.05) is 24.3 Å². The molecular weight excluding hydrogens is 314 g/mol. The number of likely N-dealkylation sites (tertiary alicyclic amines) is 1. The summed E-state index contributed by atoms with van der Waals surface area (Å²) in [5.74, 6) is 0.739. The zero-order chi connectivity index (χ0) is 17.6. The zero-order valence-electron chi connectivity index (χ0n) is 14.5. The fraction of sp³-hybridized carbons (Fsp3) is 0.350. The van der Waals surface area contributed by atoms with Gasteiger partial charge in [0, 0.05) is 32.4 Å². The molecule has 0 unspecified atom stereocenters. The lowest BCUT2D eigenvalue weighted by molar-refractivity contribution is 0.0948. The maximum absolute atomic E-state index is 12.4. The maximum Gasteiger partial charge on any atom is 0.253 e. The molecule has 5 nitrogen and oxygen atoms in total. The fourth-order valence-corrected chi connectivity index (χ4v) is 3.37. The second-order valence-electron chi connectivity index (χ2n) is 6.57. The Hall–Kier alpha value is -2.53. The number of nitrogens with zero attached hydrogens (tertiary/aromatic N) is 1. The lowest BCUT2D eigenvalue weighted by atomic mass is 10.1. The Morgan fingerprint density at radius 1 is 1.24 bits per heavy atom. The summed E-state index contributed by atoms with van der Waals surface area (Å²) in [6, 6.07) is 14.9. The molecular formula is C20H25N3O2. The predicted molar refractivity (Wildman–Crippen MR) is 99.8 cm³/mol. The van der Waals surface area contributed by atoms with Gasteiger partial charge in [0.2, 0.25) is 0 Å². The van der Waals surface area contributed by atoms with Crippen molar-refractivity contribution in [2.24, 2.45) is 5.92 Å². The number of hydrogen-bond acceptors (Lipinski definition) is 4. The van der Waals surface area contributed by atoms with E-state index >= 15 is 0 Å². The fourth-order valence-electron chi connectivity index (χ4n) is 3.37. The second-order valence-corrected chi connectivity index (χ2v) is 6.57. The van der Waals surface area contributed by atoms with Gasteiger partial charge < -0.3 is 15.7 Å². The molecule has 1 fully saturated rings. The minimum atomic E-state index is -0.0311. The first-order valence-electron chi connectivity index (χ1n) is 8.71. The number of benzene rings is 2. The number of aromatic hydroxyl groups is 1. The van der Waals surface area contributed by atoms with Crippen molar-refractivity contribution >= 4 is 11.6 Å². The van der Waals surface area contributed by atoms with Crippen LogP contribution in [0.4, 0.5) is 5.69 Å². The van der Waals surface area contributed by atoms with Gasteiger partial charge in [-0.2, -0.15) is 0 Å². The molecule has 1 aliphatic heterocycles. The molecule has 2 aromatic carbocycles. The summed E-state index contributed by atoms with van der Waals surface area (Å²) >= 11 is 0. The van der Waals surface area contributed by atoms with Crippen LogP contribution in [0.3, 0.4) is 0 Å². The smallest absolute Gasteiger partial charge is 0.253 e. The van der Waals surface area contributed by atoms with Crippen LogP contribution in [-0.4, -0.2) is 42.6 Å². The normalized spacial score (nSPS) is 17.4. The molecule has 0 saturated carbocycles. The Morgan fingerprint density at radius 2 is 2.08 bits per heavy atom. The Labute approximate surface area is 148 Å². The first-order chi connectivity index (χ1) is 12.2. The molecule has 1 amide bonds. The Morgan fingerprint density at radius 3 is 2.88 bits per heavy atom. The molecule has 0 aromatic heterocycles. The Balaban J connectivity index is 1.49. The summed E-state index contributed by atoms with van der Waals surface area (Å²) in [5, 5.41) is 15.7. The average molecular weight is 339 g/mol. The third kappa shape index (κ3) is 4.51. The Kier molecular flexibility index (Phi) is 5.56. The van der Waals surface area contributed by atoms with Crippen molar-refractivity contribution in [2.75, 3.05) is 32.0 Å². The van der Waals surface area contributed by atoms with E-state index in [1.807, 2.05) is 49.5 Å². The zero-order valence-corrected chi connectivity index (χ0v) is 14.5. The molecule has 0 bridgehead atoms. The van der Waals surface area contributed by atoms with E-state index in [4.69, 9.17) is 0 Å². The van der Waals surface area contributed by atoms with Crippen LogP contribution in [0.15, 0.2) is 48.5 Å². The van der Waals surface area contributed by atoms with E-state index in [1.54, 1.807) is 6.07 Å². The van der Waals surface area contributed by atoms with Crippen molar-refractivity contribution in [2.45, 2.75) is 13.0 Å². The van der Waals surface area contributed by atoms with Crippen molar-refractivity contribution in [1.82, 2.24) is 10.2 Å². The van der Waals surface area contributed by atoms with Crippen LogP contribution < -0.4 is 10.6 Å². The van der Waals surface area contributed by atoms with Crippen LogP contribution >= 0.6 is 0 Å². The number of nitrogens with one attached hydrogen (secondary N) is 2. The van der Waals surface area contributed by atoms with Gasteiger partial charge in [-0.05, 0) is 48.7 Å². The molecule has 1 saturated heterocycles. The van der Waals surface area contributed by atoms with E-state index in [9.17, 15) is 9.90 Å². The summed E-state index contributed by atoms with van der Waals surface area (Å²) in [6.07, 6.45) is 1.08. The molecule has 25 heavy (non-hydrogen) atoms. The topological polar surface area (TPSA) is 64.6 Å². The maximum atomic E-state index is 12.4. The minimum Gasteiger partial charge on any atom is -0.508 e. The van der Waals surface area contributed by atoms with Crippen molar-refractivity contribution in [3.63, 3.8) is 0 Å². The van der Waals surface area contributed by atoms with Crippen molar-refractivity contribution in [1.29, 1.82) is 0 Å². The number of carbonyl (C=O) groups excluding carboxylic acids is 1. The number of hydrogen-bond donors (Lipinski definition) is 3. The molecule has 0 spiro atoms. The largest absolute Gasteiger partial charge is 0.508 e. The highest BCUT2D eigenvalue weighted by Crippen LogP contribution is 2.20. The number of anilines is 1. The number of rotatable bonds is 6. The summed E-state index contributed by atoms with van der Waals surface area (Å²) in [5.41, 5.74) is 2.64. The van der Waals surface area contributed by atoms with E-state index in [1.165, 1.54) is 0 Å². The minimum absolute atomic E-state index is 0.0311. The molecule has 1 aliphatic rings. The van der Waals surface area contributed by atoms with Crippen LogP contribution in [0.1, 0.15) is 22.3 Å². The number of phenolic OH excluding ortho intramolecular Hbond substituents is 1. The van der Waals surface area contributed by atoms with E-state index in [-0.39, 0.29) is 5.91 Å². The predicted octanol–water partition coefficient (Wildman–Crippen LogP) is 2.69. The SMILES string of the molecule is CNc1ccccc1C(=O)NC[C@@H]1CCN(Cc2cccc(O)c2)C1. The molecule has 1 heterocycles. The van der Waals surface area contributed by atoms with Gasteiger partial charge in [0.1, 0.15) is 5.75 Å². The van der Waals surface area contributed by atoms with Gasteiger partial charge in [-0.25, -0.2) is 0 Å². The second kappa shape index (κ2) is 8.03. The molecule has 0 aliphatic carbocycles. The molecule has 1 atom stereocenters. The quantitative estimate of drug-likeness (QED) is 0.757. The van der Waals surface area contributed by atoms with E-state index in [2.05, 4.69) is 15.5 Å². The van der Waals surface area contributed by atoms with Gasteiger partial charge in [-0.3, -0.25) is 9.69 Å². The summed E-state index contributed by atoms with van der Waals surface area (Å²) in [7, 11) is 1.82. The standard InChI is InChI=1S/C20H25N3O2/c1-21-19-8-3-2-7-18(19)20(25)22-12-16-9-10-23(14-16)13-15-5-4-6-17(24)11-15/h2-8,11,16,21,24H,9-10,12-14H2,1H3,(H,22,25)/t16-/m0/s1. The highest BCUT2D eigenvalue weighted by Gasteiger charge is 2.23. The monoisotopic (exact) mass is 339 g/mol. The van der Waals surface area contributed by atoms with E-state index in [0.717, 1.165) is 37.3 Å².